The van der Waals surface area contributed by atoms with Gasteiger partial charge in [0, 0.05) is 26.5 Å². The fraction of sp³-hybridized carbons (Fsp3) is 0.500. The van der Waals surface area contributed by atoms with Crippen LogP contribution in [0.4, 0.5) is 0 Å². The second-order valence-electron chi connectivity index (χ2n) is 4.32. The second kappa shape index (κ2) is 7.16. The van der Waals surface area contributed by atoms with Gasteiger partial charge in [-0.3, -0.25) is 0 Å². The summed E-state index contributed by atoms with van der Waals surface area (Å²) in [6.07, 6.45) is 2.33. The van der Waals surface area contributed by atoms with Crippen molar-refractivity contribution in [1.82, 2.24) is 4.72 Å². The van der Waals surface area contributed by atoms with E-state index in [1.807, 2.05) is 0 Å². The molecule has 0 fully saturated rings. The first kappa shape index (κ1) is 17.1. The van der Waals surface area contributed by atoms with Crippen LogP contribution in [0.2, 0.25) is 0 Å². The van der Waals surface area contributed by atoms with Crippen molar-refractivity contribution in [2.45, 2.75) is 22.6 Å². The molecule has 0 heterocycles. The van der Waals surface area contributed by atoms with Crippen molar-refractivity contribution in [1.29, 1.82) is 0 Å². The molecule has 0 saturated heterocycles. The zero-order chi connectivity index (χ0) is 15.2. The lowest BCUT2D eigenvalue weighted by Crippen LogP contribution is -2.26. The molecule has 0 bridgehead atoms. The molecule has 0 aromatic heterocycles. The standard InChI is InChI=1S/C12H19NO5S2/c1-18-10-6-5-9-13-20(16,17)12-8-4-3-7-11(12)19(2,14)15/h3-4,7-8,13H,5-6,9-10H2,1-2H3. The lowest BCUT2D eigenvalue weighted by atomic mass is 10.3. The van der Waals surface area contributed by atoms with Crippen LogP contribution >= 0.6 is 0 Å². The average molecular weight is 321 g/mol. The Balaban J connectivity index is 2.89. The summed E-state index contributed by atoms with van der Waals surface area (Å²) in [6.45, 7) is 0.797. The van der Waals surface area contributed by atoms with Crippen LogP contribution in [0.15, 0.2) is 34.1 Å². The van der Waals surface area contributed by atoms with Crippen molar-refractivity contribution < 1.29 is 21.6 Å². The van der Waals surface area contributed by atoms with Gasteiger partial charge < -0.3 is 4.74 Å². The molecule has 8 heteroatoms. The molecule has 0 atom stereocenters. The average Bonchev–Trinajstić information content (AvgIpc) is 2.37. The normalized spacial score (nSPS) is 12.5. The number of ether oxygens (including phenoxy) is 1. The van der Waals surface area contributed by atoms with Crippen LogP contribution in [0.5, 0.6) is 0 Å². The van der Waals surface area contributed by atoms with Gasteiger partial charge in [0.1, 0.15) is 4.90 Å². The Labute approximate surface area is 120 Å². The zero-order valence-corrected chi connectivity index (χ0v) is 13.1. The molecule has 0 unspecified atom stereocenters. The molecule has 1 rings (SSSR count). The Morgan fingerprint density at radius 3 is 2.20 bits per heavy atom. The smallest absolute Gasteiger partial charge is 0.241 e. The number of sulfone groups is 1. The van der Waals surface area contributed by atoms with Crippen LogP contribution in [0.1, 0.15) is 12.8 Å². The number of hydrogen-bond donors (Lipinski definition) is 1. The first-order chi connectivity index (χ1) is 9.29. The zero-order valence-electron chi connectivity index (χ0n) is 11.5. The predicted octanol–water partition coefficient (Wildman–Crippen LogP) is 0.795. The second-order valence-corrected chi connectivity index (χ2v) is 8.04. The number of methoxy groups -OCH3 is 1. The van der Waals surface area contributed by atoms with Crippen LogP contribution < -0.4 is 4.72 Å². The summed E-state index contributed by atoms with van der Waals surface area (Å²) in [5.74, 6) is 0. The highest BCUT2D eigenvalue weighted by Crippen LogP contribution is 2.20. The molecule has 0 saturated carbocycles. The molecule has 0 spiro atoms. The highest BCUT2D eigenvalue weighted by Gasteiger charge is 2.22. The van der Waals surface area contributed by atoms with E-state index in [4.69, 9.17) is 4.74 Å². The number of sulfonamides is 1. The largest absolute Gasteiger partial charge is 0.385 e. The van der Waals surface area contributed by atoms with Gasteiger partial charge in [0.2, 0.25) is 10.0 Å². The van der Waals surface area contributed by atoms with Gasteiger partial charge in [0.05, 0.1) is 4.90 Å². The van der Waals surface area contributed by atoms with Crippen LogP contribution in [0.25, 0.3) is 0 Å². The summed E-state index contributed by atoms with van der Waals surface area (Å²) < 4.78 is 54.7. The Morgan fingerprint density at radius 1 is 1.05 bits per heavy atom. The van der Waals surface area contributed by atoms with E-state index in [1.54, 1.807) is 7.11 Å². The van der Waals surface area contributed by atoms with Crippen molar-refractivity contribution in [3.63, 3.8) is 0 Å². The third-order valence-corrected chi connectivity index (χ3v) is 5.41. The van der Waals surface area contributed by atoms with Crippen molar-refractivity contribution in [3.05, 3.63) is 24.3 Å². The minimum atomic E-state index is -3.83. The van der Waals surface area contributed by atoms with E-state index in [0.29, 0.717) is 13.0 Å². The van der Waals surface area contributed by atoms with Gasteiger partial charge in [0.15, 0.2) is 9.84 Å². The van der Waals surface area contributed by atoms with Crippen molar-refractivity contribution >= 4 is 19.9 Å². The summed E-state index contributed by atoms with van der Waals surface area (Å²) in [5, 5.41) is 0. The molecule has 0 aliphatic rings. The first-order valence-corrected chi connectivity index (χ1v) is 9.44. The van der Waals surface area contributed by atoms with Gasteiger partial charge in [-0.1, -0.05) is 12.1 Å². The fourth-order valence-corrected chi connectivity index (χ4v) is 4.34. The van der Waals surface area contributed by atoms with Crippen molar-refractivity contribution in [3.8, 4) is 0 Å². The van der Waals surface area contributed by atoms with E-state index < -0.39 is 19.9 Å². The third kappa shape index (κ3) is 4.86. The minimum absolute atomic E-state index is 0.190. The fourth-order valence-electron chi connectivity index (χ4n) is 1.63. The number of hydrogen-bond acceptors (Lipinski definition) is 5. The number of unbranched alkanes of at least 4 members (excludes halogenated alkanes) is 1. The van der Waals surface area contributed by atoms with E-state index in [0.717, 1.165) is 12.7 Å². The maximum Gasteiger partial charge on any atom is 0.241 e. The number of benzene rings is 1. The SMILES string of the molecule is COCCCCNS(=O)(=O)c1ccccc1S(C)(=O)=O. The highest BCUT2D eigenvalue weighted by atomic mass is 32.2. The Bertz CT molecular complexity index is 638. The van der Waals surface area contributed by atoms with E-state index >= 15 is 0 Å². The molecule has 1 aromatic carbocycles. The molecule has 6 nitrogen and oxygen atoms in total. The third-order valence-electron chi connectivity index (χ3n) is 2.61. The van der Waals surface area contributed by atoms with E-state index in [1.165, 1.54) is 24.3 Å². The van der Waals surface area contributed by atoms with Gasteiger partial charge >= 0.3 is 0 Å². The molecule has 0 aliphatic carbocycles. The van der Waals surface area contributed by atoms with Crippen molar-refractivity contribution in [2.75, 3.05) is 26.5 Å². The van der Waals surface area contributed by atoms with Crippen LogP contribution in [0.3, 0.4) is 0 Å². The first-order valence-electron chi connectivity index (χ1n) is 6.07. The molecule has 114 valence electrons. The predicted molar refractivity (Wildman–Crippen MR) is 75.9 cm³/mol. The summed E-state index contributed by atoms with van der Waals surface area (Å²) >= 11 is 0. The molecule has 1 aromatic rings. The van der Waals surface area contributed by atoms with Gasteiger partial charge in [-0.05, 0) is 25.0 Å². The monoisotopic (exact) mass is 321 g/mol. The minimum Gasteiger partial charge on any atom is -0.385 e. The molecule has 1 N–H and O–H groups in total. The van der Waals surface area contributed by atoms with Crippen molar-refractivity contribution in [2.24, 2.45) is 0 Å². The van der Waals surface area contributed by atoms with E-state index in [9.17, 15) is 16.8 Å². The van der Waals surface area contributed by atoms with E-state index in [2.05, 4.69) is 4.72 Å². The molecule has 0 radical (unpaired) electrons. The number of rotatable bonds is 8. The molecular formula is C12H19NO5S2. The molecular weight excluding hydrogens is 302 g/mol. The van der Waals surface area contributed by atoms with Gasteiger partial charge in [-0.15, -0.1) is 0 Å². The van der Waals surface area contributed by atoms with Crippen LogP contribution in [-0.4, -0.2) is 43.4 Å². The van der Waals surface area contributed by atoms with Gasteiger partial charge in [0.25, 0.3) is 0 Å². The number of nitrogens with one attached hydrogen (secondary N) is 1. The summed E-state index contributed by atoms with van der Waals surface area (Å²) in [7, 11) is -5.85. The molecule has 20 heavy (non-hydrogen) atoms. The summed E-state index contributed by atoms with van der Waals surface area (Å²) in [4.78, 5) is -0.404. The summed E-state index contributed by atoms with van der Waals surface area (Å²) in [6, 6.07) is 5.56. The summed E-state index contributed by atoms with van der Waals surface area (Å²) in [5.41, 5.74) is 0. The van der Waals surface area contributed by atoms with Crippen LogP contribution in [-0.2, 0) is 24.6 Å². The maximum absolute atomic E-state index is 12.1. The lowest BCUT2D eigenvalue weighted by Gasteiger charge is -2.10. The Morgan fingerprint density at radius 2 is 1.65 bits per heavy atom. The lowest BCUT2D eigenvalue weighted by molar-refractivity contribution is 0.193. The van der Waals surface area contributed by atoms with Crippen LogP contribution in [0, 0.1) is 0 Å². The van der Waals surface area contributed by atoms with Gasteiger partial charge in [-0.2, -0.15) is 0 Å². The molecule has 0 amide bonds. The van der Waals surface area contributed by atoms with E-state index in [-0.39, 0.29) is 16.3 Å². The topological polar surface area (TPSA) is 89.5 Å². The maximum atomic E-state index is 12.1. The Hall–Kier alpha value is -0.960. The highest BCUT2D eigenvalue weighted by molar-refractivity contribution is 7.93. The Kier molecular flexibility index (Phi) is 6.12. The quantitative estimate of drug-likeness (QED) is 0.715. The molecule has 0 aliphatic heterocycles. The van der Waals surface area contributed by atoms with Gasteiger partial charge in [-0.25, -0.2) is 21.6 Å².